The Bertz CT molecular complexity index is 456. The van der Waals surface area contributed by atoms with Crippen molar-refractivity contribution in [2.24, 2.45) is 0 Å². The molecule has 0 bridgehead atoms. The zero-order chi connectivity index (χ0) is 14.7. The Morgan fingerprint density at radius 3 is 2.43 bits per heavy atom. The molecule has 116 valence electrons. The fourth-order valence-corrected chi connectivity index (χ4v) is 4.26. The van der Waals surface area contributed by atoms with E-state index in [1.54, 1.807) is 0 Å². The molecule has 2 fully saturated rings. The Balaban J connectivity index is 1.69. The molecule has 0 aromatic heterocycles. The van der Waals surface area contributed by atoms with Crippen LogP contribution in [-0.4, -0.2) is 31.1 Å². The summed E-state index contributed by atoms with van der Waals surface area (Å²) in [5.41, 5.74) is 2.67. The molecule has 1 aromatic rings. The van der Waals surface area contributed by atoms with Crippen LogP contribution in [0.4, 0.5) is 0 Å². The molecule has 0 N–H and O–H groups in total. The highest BCUT2D eigenvalue weighted by Gasteiger charge is 2.38. The average molecular weight is 287 g/mol. The summed E-state index contributed by atoms with van der Waals surface area (Å²) in [7, 11) is 1.89. The quantitative estimate of drug-likeness (QED) is 0.823. The summed E-state index contributed by atoms with van der Waals surface area (Å²) in [4.78, 5) is 2.74. The molecule has 1 saturated heterocycles. The van der Waals surface area contributed by atoms with E-state index in [-0.39, 0.29) is 5.60 Å². The molecule has 0 radical (unpaired) electrons. The molecule has 2 heteroatoms. The number of ether oxygens (including phenoxy) is 1. The molecule has 2 aliphatic rings. The molecule has 2 nitrogen and oxygen atoms in total. The van der Waals surface area contributed by atoms with Crippen LogP contribution in [0, 0.1) is 6.92 Å². The minimum absolute atomic E-state index is 0.0433. The van der Waals surface area contributed by atoms with Gasteiger partial charge in [0.15, 0.2) is 0 Å². The minimum Gasteiger partial charge on any atom is -0.374 e. The largest absolute Gasteiger partial charge is 0.374 e. The number of hydrogen-bond donors (Lipinski definition) is 0. The standard InChI is InChI=1S/C19H29NO/c1-16-7-6-8-17(15-16)19(21-2)11-9-18(10-12-19)20-13-4-3-5-14-20/h6-8,15,18H,3-5,9-14H2,1-2H3. The average Bonchev–Trinajstić information content (AvgIpc) is 2.56. The fourth-order valence-electron chi connectivity index (χ4n) is 4.26. The Morgan fingerprint density at radius 1 is 1.10 bits per heavy atom. The van der Waals surface area contributed by atoms with Gasteiger partial charge in [0.2, 0.25) is 0 Å². The van der Waals surface area contributed by atoms with Crippen LogP contribution in [0.25, 0.3) is 0 Å². The molecule has 1 aliphatic heterocycles. The van der Waals surface area contributed by atoms with Crippen molar-refractivity contribution in [3.63, 3.8) is 0 Å². The van der Waals surface area contributed by atoms with Gasteiger partial charge >= 0.3 is 0 Å². The van der Waals surface area contributed by atoms with E-state index < -0.39 is 0 Å². The van der Waals surface area contributed by atoms with Gasteiger partial charge in [0.1, 0.15) is 0 Å². The highest BCUT2D eigenvalue weighted by molar-refractivity contribution is 5.28. The Hall–Kier alpha value is -0.860. The lowest BCUT2D eigenvalue weighted by molar-refractivity contribution is -0.0624. The van der Waals surface area contributed by atoms with Gasteiger partial charge in [-0.25, -0.2) is 0 Å². The summed E-state index contributed by atoms with van der Waals surface area (Å²) in [5, 5.41) is 0. The third-order valence-electron chi connectivity index (χ3n) is 5.60. The summed E-state index contributed by atoms with van der Waals surface area (Å²) in [6.45, 7) is 4.80. The second kappa shape index (κ2) is 6.50. The van der Waals surface area contributed by atoms with Crippen LogP contribution < -0.4 is 0 Å². The monoisotopic (exact) mass is 287 g/mol. The smallest absolute Gasteiger partial charge is 0.0928 e. The Morgan fingerprint density at radius 2 is 1.81 bits per heavy atom. The van der Waals surface area contributed by atoms with E-state index in [0.29, 0.717) is 0 Å². The first-order valence-electron chi connectivity index (χ1n) is 8.60. The van der Waals surface area contributed by atoms with Gasteiger partial charge in [-0.05, 0) is 64.1 Å². The van der Waals surface area contributed by atoms with Crippen LogP contribution in [0.5, 0.6) is 0 Å². The van der Waals surface area contributed by atoms with Crippen molar-refractivity contribution in [1.82, 2.24) is 4.90 Å². The van der Waals surface area contributed by atoms with Crippen LogP contribution in [0.1, 0.15) is 56.1 Å². The second-order valence-corrected chi connectivity index (χ2v) is 6.90. The molecule has 3 rings (SSSR count). The van der Waals surface area contributed by atoms with Crippen LogP contribution in [0.2, 0.25) is 0 Å². The van der Waals surface area contributed by atoms with Crippen molar-refractivity contribution < 1.29 is 4.74 Å². The number of methoxy groups -OCH3 is 1. The maximum Gasteiger partial charge on any atom is 0.0928 e. The van der Waals surface area contributed by atoms with Crippen LogP contribution in [0.15, 0.2) is 24.3 Å². The maximum absolute atomic E-state index is 6.04. The second-order valence-electron chi connectivity index (χ2n) is 6.90. The highest BCUT2D eigenvalue weighted by atomic mass is 16.5. The topological polar surface area (TPSA) is 12.5 Å². The van der Waals surface area contributed by atoms with Crippen LogP contribution in [0.3, 0.4) is 0 Å². The molecule has 0 atom stereocenters. The zero-order valence-electron chi connectivity index (χ0n) is 13.6. The molecule has 0 amide bonds. The van der Waals surface area contributed by atoms with E-state index in [1.165, 1.54) is 56.3 Å². The lowest BCUT2D eigenvalue weighted by Gasteiger charge is -2.44. The highest BCUT2D eigenvalue weighted by Crippen LogP contribution is 2.41. The minimum atomic E-state index is -0.0433. The Labute approximate surface area is 129 Å². The summed E-state index contributed by atoms with van der Waals surface area (Å²) in [6, 6.07) is 9.69. The predicted octanol–water partition coefficient (Wildman–Crippen LogP) is 4.27. The number of benzene rings is 1. The third kappa shape index (κ3) is 3.17. The van der Waals surface area contributed by atoms with Crippen molar-refractivity contribution in [3.8, 4) is 0 Å². The number of piperidine rings is 1. The molecule has 1 aliphatic carbocycles. The van der Waals surface area contributed by atoms with E-state index in [0.717, 1.165) is 18.9 Å². The molecule has 1 saturated carbocycles. The summed E-state index contributed by atoms with van der Waals surface area (Å²) in [6.07, 6.45) is 9.09. The van der Waals surface area contributed by atoms with Gasteiger partial charge in [0, 0.05) is 13.2 Å². The van der Waals surface area contributed by atoms with Crippen molar-refractivity contribution in [2.45, 2.75) is 63.5 Å². The van der Waals surface area contributed by atoms with E-state index in [4.69, 9.17) is 4.74 Å². The molecular formula is C19H29NO. The first kappa shape index (κ1) is 15.1. The summed E-state index contributed by atoms with van der Waals surface area (Å²) in [5.74, 6) is 0. The van der Waals surface area contributed by atoms with Gasteiger partial charge < -0.3 is 9.64 Å². The van der Waals surface area contributed by atoms with Crippen molar-refractivity contribution >= 4 is 0 Å². The number of nitrogens with zero attached hydrogens (tertiary/aromatic N) is 1. The molecule has 1 heterocycles. The van der Waals surface area contributed by atoms with Crippen molar-refractivity contribution in [2.75, 3.05) is 20.2 Å². The van der Waals surface area contributed by atoms with E-state index in [2.05, 4.69) is 36.1 Å². The van der Waals surface area contributed by atoms with E-state index in [1.807, 2.05) is 7.11 Å². The molecule has 1 aromatic carbocycles. The third-order valence-corrected chi connectivity index (χ3v) is 5.60. The van der Waals surface area contributed by atoms with Gasteiger partial charge in [-0.1, -0.05) is 36.2 Å². The first-order valence-corrected chi connectivity index (χ1v) is 8.60. The predicted molar refractivity (Wildman–Crippen MR) is 87.5 cm³/mol. The van der Waals surface area contributed by atoms with Gasteiger partial charge in [0.25, 0.3) is 0 Å². The molecule has 21 heavy (non-hydrogen) atoms. The van der Waals surface area contributed by atoms with Crippen LogP contribution in [-0.2, 0) is 10.3 Å². The summed E-state index contributed by atoms with van der Waals surface area (Å²) < 4.78 is 6.04. The number of rotatable bonds is 3. The maximum atomic E-state index is 6.04. The molecule has 0 unspecified atom stereocenters. The lowest BCUT2D eigenvalue weighted by Crippen LogP contribution is -2.45. The lowest BCUT2D eigenvalue weighted by atomic mass is 9.76. The number of hydrogen-bond acceptors (Lipinski definition) is 2. The molecular weight excluding hydrogens is 258 g/mol. The Kier molecular flexibility index (Phi) is 4.66. The van der Waals surface area contributed by atoms with Gasteiger partial charge in [-0.15, -0.1) is 0 Å². The zero-order valence-corrected chi connectivity index (χ0v) is 13.6. The number of aryl methyl sites for hydroxylation is 1. The first-order chi connectivity index (χ1) is 10.2. The van der Waals surface area contributed by atoms with Crippen molar-refractivity contribution in [3.05, 3.63) is 35.4 Å². The molecule has 0 spiro atoms. The van der Waals surface area contributed by atoms with Gasteiger partial charge in [-0.3, -0.25) is 0 Å². The van der Waals surface area contributed by atoms with Crippen LogP contribution >= 0.6 is 0 Å². The van der Waals surface area contributed by atoms with E-state index in [9.17, 15) is 0 Å². The summed E-state index contributed by atoms with van der Waals surface area (Å²) >= 11 is 0. The van der Waals surface area contributed by atoms with Gasteiger partial charge in [-0.2, -0.15) is 0 Å². The number of likely N-dealkylation sites (tertiary alicyclic amines) is 1. The van der Waals surface area contributed by atoms with Crippen molar-refractivity contribution in [1.29, 1.82) is 0 Å². The van der Waals surface area contributed by atoms with E-state index >= 15 is 0 Å². The van der Waals surface area contributed by atoms with Gasteiger partial charge in [0.05, 0.1) is 5.60 Å². The SMILES string of the molecule is COC1(c2cccc(C)c2)CCC(N2CCCCC2)CC1. The fraction of sp³-hybridized carbons (Fsp3) is 0.684. The normalized spacial score (nSPS) is 31.2.